The highest BCUT2D eigenvalue weighted by molar-refractivity contribution is 6.30. The van der Waals surface area contributed by atoms with Gasteiger partial charge < -0.3 is 10.4 Å². The fraction of sp³-hybridized carbons (Fsp3) is 0.105. The Morgan fingerprint density at radius 3 is 2.59 bits per heavy atom. The van der Waals surface area contributed by atoms with E-state index in [1.54, 1.807) is 0 Å². The maximum absolute atomic E-state index is 14.2. The summed E-state index contributed by atoms with van der Waals surface area (Å²) < 4.78 is 28.5. The van der Waals surface area contributed by atoms with Crippen LogP contribution in [0.2, 0.25) is 5.02 Å². The van der Waals surface area contributed by atoms with Gasteiger partial charge in [0, 0.05) is 16.7 Å². The molecular formula is C19H14ClF2N3O4. The van der Waals surface area contributed by atoms with Crippen molar-refractivity contribution in [1.82, 2.24) is 15.1 Å². The lowest BCUT2D eigenvalue weighted by Gasteiger charge is -2.18. The molecule has 3 rings (SSSR count). The Bertz CT molecular complexity index is 1140. The highest BCUT2D eigenvalue weighted by Crippen LogP contribution is 2.23. The Hall–Kier alpha value is -3.46. The number of H-pyrrole nitrogens is 1. The molecule has 0 spiro atoms. The Morgan fingerprint density at radius 2 is 1.93 bits per heavy atom. The molecule has 0 bridgehead atoms. The fourth-order valence-electron chi connectivity index (χ4n) is 2.75. The van der Waals surface area contributed by atoms with Crippen molar-refractivity contribution < 1.29 is 23.5 Å². The minimum Gasteiger partial charge on any atom is -0.481 e. The Morgan fingerprint density at radius 1 is 1.17 bits per heavy atom. The number of nitrogens with one attached hydrogen (secondary N) is 2. The molecule has 0 aliphatic heterocycles. The van der Waals surface area contributed by atoms with Gasteiger partial charge in [-0.15, -0.1) is 0 Å². The van der Waals surface area contributed by atoms with Gasteiger partial charge in [0.1, 0.15) is 17.3 Å². The summed E-state index contributed by atoms with van der Waals surface area (Å²) in [6.45, 7) is 0. The predicted octanol–water partition coefficient (Wildman–Crippen LogP) is 3.04. The first-order chi connectivity index (χ1) is 13.7. The number of benzene rings is 2. The zero-order valence-corrected chi connectivity index (χ0v) is 15.4. The minimum atomic E-state index is -1.27. The first-order valence-electron chi connectivity index (χ1n) is 8.30. The van der Waals surface area contributed by atoms with E-state index in [-0.39, 0.29) is 22.0 Å². The SMILES string of the molecule is O=C(O)CC(NC(=O)c1cc(=O)n(-c2cccc(F)c2)[nH]1)c1ccc(Cl)cc1F. The molecule has 2 aromatic carbocycles. The van der Waals surface area contributed by atoms with Crippen molar-refractivity contribution in [2.45, 2.75) is 12.5 Å². The van der Waals surface area contributed by atoms with E-state index in [1.165, 1.54) is 30.3 Å². The number of halogens is 3. The van der Waals surface area contributed by atoms with Gasteiger partial charge in [-0.25, -0.2) is 13.5 Å². The van der Waals surface area contributed by atoms with Gasteiger partial charge >= 0.3 is 5.97 Å². The van der Waals surface area contributed by atoms with Crippen LogP contribution in [-0.4, -0.2) is 26.8 Å². The van der Waals surface area contributed by atoms with Crippen LogP contribution in [0.5, 0.6) is 0 Å². The monoisotopic (exact) mass is 421 g/mol. The third kappa shape index (κ3) is 4.69. The molecule has 0 saturated carbocycles. The third-order valence-corrected chi connectivity index (χ3v) is 4.29. The van der Waals surface area contributed by atoms with Gasteiger partial charge in [-0.1, -0.05) is 23.7 Å². The number of aromatic nitrogens is 2. The van der Waals surface area contributed by atoms with E-state index in [0.29, 0.717) is 0 Å². The molecule has 1 aromatic heterocycles. The number of carboxylic acid groups (broad SMARTS) is 1. The molecule has 0 radical (unpaired) electrons. The molecule has 3 aromatic rings. The molecule has 7 nitrogen and oxygen atoms in total. The van der Waals surface area contributed by atoms with E-state index >= 15 is 0 Å². The van der Waals surface area contributed by atoms with Crippen LogP contribution in [0.1, 0.15) is 28.5 Å². The summed E-state index contributed by atoms with van der Waals surface area (Å²) >= 11 is 5.71. The largest absolute Gasteiger partial charge is 0.481 e. The second kappa shape index (κ2) is 8.27. The van der Waals surface area contributed by atoms with E-state index < -0.39 is 41.5 Å². The van der Waals surface area contributed by atoms with E-state index in [0.717, 1.165) is 22.9 Å². The van der Waals surface area contributed by atoms with Crippen molar-refractivity contribution in [3.05, 3.63) is 86.8 Å². The summed E-state index contributed by atoms with van der Waals surface area (Å²) in [5.74, 6) is -3.46. The number of hydrogen-bond acceptors (Lipinski definition) is 3. The number of aliphatic carboxylic acids is 1. The number of rotatable bonds is 6. The smallest absolute Gasteiger partial charge is 0.305 e. The van der Waals surface area contributed by atoms with Crippen LogP contribution in [0.3, 0.4) is 0 Å². The average Bonchev–Trinajstić information content (AvgIpc) is 3.03. The molecule has 0 aliphatic rings. The lowest BCUT2D eigenvalue weighted by atomic mass is 10.0. The van der Waals surface area contributed by atoms with Gasteiger partial charge in [0.15, 0.2) is 0 Å². The highest BCUT2D eigenvalue weighted by atomic mass is 35.5. The molecule has 3 N–H and O–H groups in total. The van der Waals surface area contributed by atoms with Crippen molar-refractivity contribution >= 4 is 23.5 Å². The van der Waals surface area contributed by atoms with Crippen LogP contribution in [0.15, 0.2) is 53.3 Å². The number of hydrogen-bond donors (Lipinski definition) is 3. The van der Waals surface area contributed by atoms with Gasteiger partial charge in [0.25, 0.3) is 11.5 Å². The van der Waals surface area contributed by atoms with Crippen molar-refractivity contribution in [2.75, 3.05) is 0 Å². The van der Waals surface area contributed by atoms with Crippen LogP contribution in [0, 0.1) is 11.6 Å². The highest BCUT2D eigenvalue weighted by Gasteiger charge is 2.23. The van der Waals surface area contributed by atoms with Crippen LogP contribution in [0.4, 0.5) is 8.78 Å². The summed E-state index contributed by atoms with van der Waals surface area (Å²) in [4.78, 5) is 35.8. The molecule has 0 saturated heterocycles. The lowest BCUT2D eigenvalue weighted by Crippen LogP contribution is -2.31. The fourth-order valence-corrected chi connectivity index (χ4v) is 2.91. The summed E-state index contributed by atoms with van der Waals surface area (Å²) in [5, 5.41) is 14.1. The first kappa shape index (κ1) is 20.3. The summed E-state index contributed by atoms with van der Waals surface area (Å²) in [5.41, 5.74) is -0.742. The molecule has 0 aliphatic carbocycles. The average molecular weight is 422 g/mol. The molecule has 29 heavy (non-hydrogen) atoms. The van der Waals surface area contributed by atoms with Crippen LogP contribution in [0.25, 0.3) is 5.69 Å². The van der Waals surface area contributed by atoms with E-state index in [9.17, 15) is 23.2 Å². The van der Waals surface area contributed by atoms with Crippen molar-refractivity contribution in [3.8, 4) is 5.69 Å². The molecule has 150 valence electrons. The van der Waals surface area contributed by atoms with Gasteiger partial charge in [-0.05, 0) is 30.3 Å². The molecule has 0 fully saturated rings. The molecule has 1 amide bonds. The third-order valence-electron chi connectivity index (χ3n) is 4.05. The summed E-state index contributed by atoms with van der Waals surface area (Å²) in [6.07, 6.45) is -0.598. The maximum Gasteiger partial charge on any atom is 0.305 e. The zero-order valence-electron chi connectivity index (χ0n) is 14.7. The number of aromatic amines is 1. The van der Waals surface area contributed by atoms with Crippen LogP contribution < -0.4 is 10.9 Å². The van der Waals surface area contributed by atoms with Crippen molar-refractivity contribution in [3.63, 3.8) is 0 Å². The standard InChI is InChI=1S/C19H14ClF2N3O4/c20-10-4-5-13(14(22)6-10)15(9-18(27)28)23-19(29)16-8-17(26)25(24-16)12-3-1-2-11(21)7-12/h1-8,15,24H,9H2,(H,23,29)(H,27,28). The Labute approximate surface area is 167 Å². The van der Waals surface area contributed by atoms with Gasteiger partial charge in [-0.3, -0.25) is 19.5 Å². The normalized spacial score (nSPS) is 11.8. The molecule has 1 atom stereocenters. The topological polar surface area (TPSA) is 104 Å². The number of nitrogens with zero attached hydrogens (tertiary/aromatic N) is 1. The number of carbonyl (C=O) groups excluding carboxylic acids is 1. The molecule has 10 heteroatoms. The molecule has 1 unspecified atom stereocenters. The number of amides is 1. The number of carbonyl (C=O) groups is 2. The zero-order chi connectivity index (χ0) is 21.1. The quantitative estimate of drug-likeness (QED) is 0.569. The second-order valence-electron chi connectivity index (χ2n) is 6.11. The summed E-state index contributed by atoms with van der Waals surface area (Å²) in [7, 11) is 0. The van der Waals surface area contributed by atoms with Crippen LogP contribution in [-0.2, 0) is 4.79 Å². The van der Waals surface area contributed by atoms with Gasteiger partial charge in [-0.2, -0.15) is 0 Å². The van der Waals surface area contributed by atoms with Crippen LogP contribution >= 0.6 is 11.6 Å². The predicted molar refractivity (Wildman–Crippen MR) is 100 cm³/mol. The van der Waals surface area contributed by atoms with Gasteiger partial charge in [0.05, 0.1) is 18.2 Å². The van der Waals surface area contributed by atoms with E-state index in [1.807, 2.05) is 0 Å². The maximum atomic E-state index is 14.2. The van der Waals surface area contributed by atoms with Crippen molar-refractivity contribution in [2.24, 2.45) is 0 Å². The molecule has 1 heterocycles. The van der Waals surface area contributed by atoms with Gasteiger partial charge in [0.2, 0.25) is 0 Å². The Kier molecular flexibility index (Phi) is 5.79. The summed E-state index contributed by atoms with van der Waals surface area (Å²) in [6, 6.07) is 8.53. The second-order valence-corrected chi connectivity index (χ2v) is 6.55. The van der Waals surface area contributed by atoms with Crippen molar-refractivity contribution in [1.29, 1.82) is 0 Å². The molecular weight excluding hydrogens is 408 g/mol. The number of carboxylic acids is 1. The Balaban J connectivity index is 1.89. The first-order valence-corrected chi connectivity index (χ1v) is 8.68. The lowest BCUT2D eigenvalue weighted by molar-refractivity contribution is -0.137. The minimum absolute atomic E-state index is 0.0722. The van der Waals surface area contributed by atoms with E-state index in [4.69, 9.17) is 16.7 Å². The van der Waals surface area contributed by atoms with E-state index in [2.05, 4.69) is 10.4 Å².